The molecular formula is C25H23ClN4O5. The molecule has 1 aliphatic carbocycles. The van der Waals surface area contributed by atoms with Gasteiger partial charge in [0.05, 0.1) is 28.4 Å². The molecule has 1 unspecified atom stereocenters. The van der Waals surface area contributed by atoms with Crippen molar-refractivity contribution in [2.75, 3.05) is 25.1 Å². The fourth-order valence-electron chi connectivity index (χ4n) is 4.02. The molecule has 2 aliphatic heterocycles. The molecule has 0 aromatic heterocycles. The van der Waals surface area contributed by atoms with Gasteiger partial charge in [-0.1, -0.05) is 29.8 Å². The number of H-pyrrole nitrogens is 1. The summed E-state index contributed by atoms with van der Waals surface area (Å²) in [6.45, 7) is 0.470. The highest BCUT2D eigenvalue weighted by atomic mass is 35.5. The molecule has 0 amide bonds. The molecule has 9 nitrogen and oxygen atoms in total. The maximum Gasteiger partial charge on any atom is 0.330 e. The number of aliphatic carboxylic acids is 1. The van der Waals surface area contributed by atoms with Gasteiger partial charge in [0.25, 0.3) is 0 Å². The van der Waals surface area contributed by atoms with Crippen LogP contribution in [0.15, 0.2) is 59.6 Å². The van der Waals surface area contributed by atoms with Crippen LogP contribution in [0.3, 0.4) is 0 Å². The number of nitrogens with one attached hydrogen (secondary N) is 2. The van der Waals surface area contributed by atoms with Crippen molar-refractivity contribution in [1.29, 1.82) is 0 Å². The van der Waals surface area contributed by atoms with Crippen molar-refractivity contribution < 1.29 is 24.5 Å². The van der Waals surface area contributed by atoms with Crippen LogP contribution in [0, 0.1) is 0 Å². The summed E-state index contributed by atoms with van der Waals surface area (Å²) in [5.74, 6) is 0.946. The van der Waals surface area contributed by atoms with Crippen molar-refractivity contribution >= 4 is 29.1 Å². The van der Waals surface area contributed by atoms with Gasteiger partial charge in [0, 0.05) is 18.2 Å². The lowest BCUT2D eigenvalue weighted by molar-refractivity contribution is -0.139. The predicted molar refractivity (Wildman–Crippen MR) is 132 cm³/mol. The number of carboxylic acids is 1. The highest BCUT2D eigenvalue weighted by Gasteiger charge is 2.19. The van der Waals surface area contributed by atoms with Gasteiger partial charge in [0.15, 0.2) is 17.5 Å². The van der Waals surface area contributed by atoms with Crippen molar-refractivity contribution in [1.82, 2.24) is 9.78 Å². The molecule has 3 aliphatic rings. The SMILES string of the molecule is Cn1[nH]c(Nc2cccc(-c3ccc4c(c3)OCCO4)c2Cl)c2ccc(=NC(CO)C(=O)O)cc1-2. The second-order valence-corrected chi connectivity index (χ2v) is 8.44. The van der Waals surface area contributed by atoms with Crippen molar-refractivity contribution in [2.24, 2.45) is 12.0 Å². The Labute approximate surface area is 205 Å². The zero-order valence-corrected chi connectivity index (χ0v) is 19.5. The number of fused-ring (bicyclic) bond motifs is 2. The number of anilines is 2. The Hall–Kier alpha value is -3.95. The Bertz CT molecular complexity index is 1440. The number of hydrogen-bond donors (Lipinski definition) is 4. The number of ether oxygens (including phenoxy) is 2. The highest BCUT2D eigenvalue weighted by Crippen LogP contribution is 2.40. The molecule has 10 heteroatoms. The lowest BCUT2D eigenvalue weighted by Crippen LogP contribution is -2.25. The summed E-state index contributed by atoms with van der Waals surface area (Å²) < 4.78 is 13.1. The van der Waals surface area contributed by atoms with E-state index in [9.17, 15) is 9.90 Å². The number of aryl methyl sites for hydroxylation is 1. The molecule has 180 valence electrons. The fourth-order valence-corrected chi connectivity index (χ4v) is 4.31. The topological polar surface area (TPSA) is 121 Å². The number of aromatic amines is 1. The minimum atomic E-state index is -1.21. The Morgan fingerprint density at radius 3 is 2.71 bits per heavy atom. The molecule has 35 heavy (non-hydrogen) atoms. The molecule has 0 saturated carbocycles. The molecule has 0 fully saturated rings. The van der Waals surface area contributed by atoms with Crippen LogP contribution in [0.2, 0.25) is 5.02 Å². The van der Waals surface area contributed by atoms with E-state index >= 15 is 0 Å². The Kier molecular flexibility index (Phi) is 6.10. The predicted octanol–water partition coefficient (Wildman–Crippen LogP) is 3.64. The van der Waals surface area contributed by atoms with Gasteiger partial charge >= 0.3 is 5.97 Å². The zero-order valence-electron chi connectivity index (χ0n) is 18.8. The second kappa shape index (κ2) is 9.36. The van der Waals surface area contributed by atoms with Gasteiger partial charge in [-0.15, -0.1) is 0 Å². The third-order valence-corrected chi connectivity index (χ3v) is 6.17. The standard InChI is InChI=1S/C25H23ClN4O5/c1-30-20-12-15(27-19(13-31)25(32)33)6-7-17(20)24(29-30)28-18-4-2-3-16(23(18)26)14-5-8-21-22(11-14)35-10-9-34-21/h2-8,11-12,19,28-29,31H,9-10,13H2,1H3,(H,32,33). The van der Waals surface area contributed by atoms with Gasteiger partial charge in [0.1, 0.15) is 19.0 Å². The quantitative estimate of drug-likeness (QED) is 0.325. The molecule has 0 spiro atoms. The van der Waals surface area contributed by atoms with E-state index in [1.165, 1.54) is 0 Å². The number of rotatable bonds is 6. The Morgan fingerprint density at radius 1 is 1.14 bits per heavy atom. The van der Waals surface area contributed by atoms with E-state index in [1.54, 1.807) is 16.8 Å². The first-order valence-electron chi connectivity index (χ1n) is 11.0. The van der Waals surface area contributed by atoms with Crippen molar-refractivity contribution in [3.63, 3.8) is 0 Å². The van der Waals surface area contributed by atoms with Crippen LogP contribution in [-0.4, -0.2) is 51.8 Å². The summed E-state index contributed by atoms with van der Waals surface area (Å²) >= 11 is 6.81. The number of carboxylic acid groups (broad SMARTS) is 1. The first kappa shape index (κ1) is 22.8. The van der Waals surface area contributed by atoms with E-state index in [0.717, 1.165) is 28.1 Å². The molecule has 5 rings (SSSR count). The number of aliphatic hydroxyl groups is 1. The number of benzene rings is 3. The average molecular weight is 495 g/mol. The van der Waals surface area contributed by atoms with Crippen LogP contribution < -0.4 is 20.1 Å². The molecule has 0 saturated heterocycles. The number of nitrogens with zero attached hydrogens (tertiary/aromatic N) is 2. The van der Waals surface area contributed by atoms with E-state index in [-0.39, 0.29) is 0 Å². The number of aromatic nitrogens is 2. The average Bonchev–Trinajstić information content (AvgIpc) is 3.17. The van der Waals surface area contributed by atoms with E-state index in [0.29, 0.717) is 40.8 Å². The zero-order chi connectivity index (χ0) is 24.5. The largest absolute Gasteiger partial charge is 0.486 e. The maximum absolute atomic E-state index is 11.2. The monoisotopic (exact) mass is 494 g/mol. The fraction of sp³-hybridized carbons (Fsp3) is 0.200. The van der Waals surface area contributed by atoms with Gasteiger partial charge in [-0.05, 0) is 42.0 Å². The smallest absolute Gasteiger partial charge is 0.330 e. The lowest BCUT2D eigenvalue weighted by atomic mass is 10.0. The van der Waals surface area contributed by atoms with Crippen LogP contribution in [0.25, 0.3) is 22.4 Å². The first-order chi connectivity index (χ1) is 16.9. The van der Waals surface area contributed by atoms with Crippen LogP contribution in [0.5, 0.6) is 11.5 Å². The van der Waals surface area contributed by atoms with Crippen molar-refractivity contribution in [3.05, 3.63) is 65.0 Å². The summed E-state index contributed by atoms with van der Waals surface area (Å²) in [7, 11) is 1.84. The summed E-state index contributed by atoms with van der Waals surface area (Å²) in [6, 6.07) is 15.6. The Morgan fingerprint density at radius 2 is 1.94 bits per heavy atom. The minimum absolute atomic E-state index is 0.457. The van der Waals surface area contributed by atoms with Gasteiger partial charge in [0.2, 0.25) is 0 Å². The summed E-state index contributed by atoms with van der Waals surface area (Å²) in [4.78, 5) is 15.3. The van der Waals surface area contributed by atoms with Crippen molar-refractivity contribution in [2.45, 2.75) is 6.04 Å². The summed E-state index contributed by atoms with van der Waals surface area (Å²) in [5, 5.41) is 26.0. The van der Waals surface area contributed by atoms with Crippen LogP contribution in [-0.2, 0) is 11.8 Å². The maximum atomic E-state index is 11.2. The van der Waals surface area contributed by atoms with Crippen LogP contribution in [0.4, 0.5) is 11.5 Å². The van der Waals surface area contributed by atoms with Gasteiger partial charge in [-0.3, -0.25) is 14.8 Å². The minimum Gasteiger partial charge on any atom is -0.486 e. The van der Waals surface area contributed by atoms with Crippen LogP contribution in [0.1, 0.15) is 0 Å². The molecule has 0 bridgehead atoms. The molecular weight excluding hydrogens is 472 g/mol. The van der Waals surface area contributed by atoms with E-state index in [4.69, 9.17) is 26.2 Å². The van der Waals surface area contributed by atoms with Crippen molar-refractivity contribution in [3.8, 4) is 33.9 Å². The summed E-state index contributed by atoms with van der Waals surface area (Å²) in [5.41, 5.74) is 4.13. The van der Waals surface area contributed by atoms with Gasteiger partial charge in [-0.25, -0.2) is 4.79 Å². The molecule has 1 atom stereocenters. The molecule has 2 aromatic carbocycles. The highest BCUT2D eigenvalue weighted by molar-refractivity contribution is 6.36. The number of hydrogen-bond acceptors (Lipinski definition) is 6. The first-order valence-corrected chi connectivity index (χ1v) is 11.3. The molecule has 2 aromatic rings. The van der Waals surface area contributed by atoms with E-state index in [2.05, 4.69) is 15.4 Å². The third-order valence-electron chi connectivity index (χ3n) is 5.77. The number of aliphatic hydroxyl groups excluding tert-OH is 1. The molecule has 4 N–H and O–H groups in total. The van der Waals surface area contributed by atoms with E-state index in [1.807, 2.05) is 49.5 Å². The third kappa shape index (κ3) is 4.43. The molecule has 0 radical (unpaired) electrons. The number of carbonyl (C=O) groups is 1. The van der Waals surface area contributed by atoms with E-state index < -0.39 is 18.6 Å². The van der Waals surface area contributed by atoms with Crippen LogP contribution >= 0.6 is 11.6 Å². The lowest BCUT2D eigenvalue weighted by Gasteiger charge is -2.19. The normalized spacial score (nSPS) is 14.2. The van der Waals surface area contributed by atoms with Gasteiger partial charge < -0.3 is 25.0 Å². The molecule has 2 heterocycles. The van der Waals surface area contributed by atoms with Gasteiger partial charge in [-0.2, -0.15) is 0 Å². The number of halogens is 1. The second-order valence-electron chi connectivity index (χ2n) is 8.06. The summed E-state index contributed by atoms with van der Waals surface area (Å²) in [6.07, 6.45) is 0. The Balaban J connectivity index is 1.48.